The highest BCUT2D eigenvalue weighted by Crippen LogP contribution is 2.22. The third kappa shape index (κ3) is 3.82. The van der Waals surface area contributed by atoms with Gasteiger partial charge in [0.15, 0.2) is 0 Å². The van der Waals surface area contributed by atoms with E-state index in [0.29, 0.717) is 12.3 Å². The summed E-state index contributed by atoms with van der Waals surface area (Å²) in [6.07, 6.45) is 5.99. The van der Waals surface area contributed by atoms with Crippen LogP contribution in [0.2, 0.25) is 0 Å². The molecule has 2 atom stereocenters. The van der Waals surface area contributed by atoms with Crippen molar-refractivity contribution < 1.29 is 4.79 Å². The average Bonchev–Trinajstić information content (AvgIpc) is 3.32. The van der Waals surface area contributed by atoms with E-state index < -0.39 is 0 Å². The van der Waals surface area contributed by atoms with Crippen molar-refractivity contribution in [3.8, 4) is 5.69 Å². The van der Waals surface area contributed by atoms with E-state index in [1.165, 1.54) is 12.7 Å². The van der Waals surface area contributed by atoms with Crippen LogP contribution in [0.25, 0.3) is 5.69 Å². The van der Waals surface area contributed by atoms with Crippen LogP contribution in [-0.2, 0) is 4.79 Å². The van der Waals surface area contributed by atoms with Crippen molar-refractivity contribution in [1.29, 1.82) is 0 Å². The van der Waals surface area contributed by atoms with Gasteiger partial charge >= 0.3 is 0 Å². The molecule has 0 radical (unpaired) electrons. The van der Waals surface area contributed by atoms with Crippen LogP contribution in [0.1, 0.15) is 37.8 Å². The lowest BCUT2D eigenvalue weighted by atomic mass is 10.0. The average molecular weight is 327 g/mol. The lowest BCUT2D eigenvalue weighted by Crippen LogP contribution is -2.30. The van der Waals surface area contributed by atoms with E-state index in [9.17, 15) is 4.79 Å². The molecule has 2 heterocycles. The highest BCUT2D eigenvalue weighted by atomic mass is 16.2. The highest BCUT2D eigenvalue weighted by Gasteiger charge is 2.20. The summed E-state index contributed by atoms with van der Waals surface area (Å²) < 4.78 is 1.72. The van der Waals surface area contributed by atoms with Crippen molar-refractivity contribution in [3.05, 3.63) is 42.5 Å². The van der Waals surface area contributed by atoms with Gasteiger partial charge in [-0.3, -0.25) is 4.79 Å². The second kappa shape index (κ2) is 7.57. The van der Waals surface area contributed by atoms with Gasteiger partial charge in [0.05, 0.1) is 11.7 Å². The predicted octanol–water partition coefficient (Wildman–Crippen LogP) is 2.18. The molecule has 1 N–H and O–H groups in total. The minimum absolute atomic E-state index is 0.0593. The van der Waals surface area contributed by atoms with Crippen LogP contribution in [0.4, 0.5) is 0 Å². The van der Waals surface area contributed by atoms with Crippen molar-refractivity contribution in [1.82, 2.24) is 25.0 Å². The molecule has 1 aromatic heterocycles. The van der Waals surface area contributed by atoms with Crippen molar-refractivity contribution in [3.63, 3.8) is 0 Å². The van der Waals surface area contributed by atoms with Crippen LogP contribution in [0.15, 0.2) is 36.9 Å². The first kappa shape index (κ1) is 16.6. The lowest BCUT2D eigenvalue weighted by molar-refractivity contribution is -0.132. The number of nitrogens with one attached hydrogen (secondary N) is 1. The third-order valence-electron chi connectivity index (χ3n) is 4.96. The fraction of sp³-hybridized carbons (Fsp3) is 0.500. The van der Waals surface area contributed by atoms with Gasteiger partial charge in [-0.15, -0.1) is 0 Å². The molecule has 24 heavy (non-hydrogen) atoms. The van der Waals surface area contributed by atoms with Crippen LogP contribution in [-0.4, -0.2) is 45.7 Å². The number of carbonyl (C=O) groups excluding carboxylic acids is 1. The van der Waals surface area contributed by atoms with E-state index in [0.717, 1.165) is 30.8 Å². The minimum Gasteiger partial charge on any atom is -0.339 e. The van der Waals surface area contributed by atoms with Crippen molar-refractivity contribution in [2.45, 2.75) is 32.2 Å². The Hall–Kier alpha value is -2.21. The molecule has 0 saturated carbocycles. The summed E-state index contributed by atoms with van der Waals surface area (Å²) in [7, 11) is 1.89. The Bertz CT molecular complexity index is 647. The number of hydrogen-bond donors (Lipinski definition) is 1. The van der Waals surface area contributed by atoms with Gasteiger partial charge in [0.25, 0.3) is 0 Å². The summed E-state index contributed by atoms with van der Waals surface area (Å²) in [5, 5.41) is 7.48. The van der Waals surface area contributed by atoms with Crippen LogP contribution >= 0.6 is 0 Å². The molecule has 1 saturated heterocycles. The monoisotopic (exact) mass is 327 g/mol. The van der Waals surface area contributed by atoms with Gasteiger partial charge < -0.3 is 10.2 Å². The van der Waals surface area contributed by atoms with Gasteiger partial charge in [0.1, 0.15) is 12.7 Å². The number of hydrogen-bond acceptors (Lipinski definition) is 4. The number of carbonyl (C=O) groups is 1. The van der Waals surface area contributed by atoms with Crippen molar-refractivity contribution >= 4 is 5.91 Å². The molecular weight excluding hydrogens is 302 g/mol. The topological polar surface area (TPSA) is 63.1 Å². The van der Waals surface area contributed by atoms with E-state index >= 15 is 0 Å². The van der Waals surface area contributed by atoms with Crippen LogP contribution < -0.4 is 5.32 Å². The van der Waals surface area contributed by atoms with Gasteiger partial charge in [-0.1, -0.05) is 12.1 Å². The molecular formula is C18H25N5O. The number of nitrogens with zero attached hydrogens (tertiary/aromatic N) is 4. The lowest BCUT2D eigenvalue weighted by Gasteiger charge is -2.26. The Morgan fingerprint density at radius 3 is 2.83 bits per heavy atom. The molecule has 2 aromatic rings. The second-order valence-electron chi connectivity index (χ2n) is 6.51. The first-order valence-corrected chi connectivity index (χ1v) is 8.56. The fourth-order valence-corrected chi connectivity index (χ4v) is 3.15. The molecule has 3 rings (SSSR count). The molecule has 128 valence electrons. The number of amides is 1. The molecule has 2 unspecified atom stereocenters. The molecule has 0 spiro atoms. The summed E-state index contributed by atoms with van der Waals surface area (Å²) in [5.74, 6) is 0.870. The van der Waals surface area contributed by atoms with Crippen LogP contribution in [0.3, 0.4) is 0 Å². The maximum Gasteiger partial charge on any atom is 0.222 e. The summed E-state index contributed by atoms with van der Waals surface area (Å²) in [6, 6.07) is 8.16. The number of rotatable bonds is 6. The quantitative estimate of drug-likeness (QED) is 0.883. The van der Waals surface area contributed by atoms with Gasteiger partial charge in [-0.25, -0.2) is 9.67 Å². The largest absolute Gasteiger partial charge is 0.339 e. The Kier molecular flexibility index (Phi) is 5.25. The SMILES string of the molecule is CC(c1ccc(-n2cncn2)cc1)N(C)C(=O)CCC1CCNC1. The Morgan fingerprint density at radius 1 is 1.42 bits per heavy atom. The number of aromatic nitrogens is 3. The Morgan fingerprint density at radius 2 is 2.21 bits per heavy atom. The van der Waals surface area contributed by atoms with Gasteiger partial charge in [0, 0.05) is 13.5 Å². The smallest absolute Gasteiger partial charge is 0.222 e. The molecule has 1 amide bonds. The summed E-state index contributed by atoms with van der Waals surface area (Å²) in [5.41, 5.74) is 2.09. The first-order chi connectivity index (χ1) is 11.6. The highest BCUT2D eigenvalue weighted by molar-refractivity contribution is 5.76. The Balaban J connectivity index is 1.57. The molecule has 1 aromatic carbocycles. The molecule has 0 aliphatic carbocycles. The van der Waals surface area contributed by atoms with Gasteiger partial charge in [-0.05, 0) is 56.5 Å². The fourth-order valence-electron chi connectivity index (χ4n) is 3.15. The predicted molar refractivity (Wildman–Crippen MR) is 92.8 cm³/mol. The molecule has 0 bridgehead atoms. The maximum absolute atomic E-state index is 12.5. The maximum atomic E-state index is 12.5. The van der Waals surface area contributed by atoms with Gasteiger partial charge in [0.2, 0.25) is 5.91 Å². The van der Waals surface area contributed by atoms with Crippen LogP contribution in [0.5, 0.6) is 0 Å². The first-order valence-electron chi connectivity index (χ1n) is 8.56. The zero-order chi connectivity index (χ0) is 16.9. The van der Waals surface area contributed by atoms with E-state index in [1.54, 1.807) is 11.0 Å². The number of benzene rings is 1. The standard InChI is InChI=1S/C18H25N5O/c1-14(22(2)18(24)8-3-15-9-10-19-11-15)16-4-6-17(7-5-16)23-13-20-12-21-23/h4-7,12-15,19H,3,8-11H2,1-2H3. The van der Waals surface area contributed by atoms with E-state index in [4.69, 9.17) is 0 Å². The van der Waals surface area contributed by atoms with E-state index in [1.807, 2.05) is 36.2 Å². The van der Waals surface area contributed by atoms with E-state index in [-0.39, 0.29) is 11.9 Å². The molecule has 6 nitrogen and oxygen atoms in total. The summed E-state index contributed by atoms with van der Waals surface area (Å²) >= 11 is 0. The molecule has 6 heteroatoms. The summed E-state index contributed by atoms with van der Waals surface area (Å²) in [6.45, 7) is 4.21. The molecule has 1 aliphatic rings. The molecule has 1 fully saturated rings. The molecule has 1 aliphatic heterocycles. The minimum atomic E-state index is 0.0593. The summed E-state index contributed by atoms with van der Waals surface area (Å²) in [4.78, 5) is 18.3. The Labute approximate surface area is 142 Å². The second-order valence-corrected chi connectivity index (χ2v) is 6.51. The van der Waals surface area contributed by atoms with Gasteiger partial charge in [-0.2, -0.15) is 5.10 Å². The zero-order valence-electron chi connectivity index (χ0n) is 14.4. The third-order valence-corrected chi connectivity index (χ3v) is 4.96. The van der Waals surface area contributed by atoms with E-state index in [2.05, 4.69) is 22.3 Å². The zero-order valence-corrected chi connectivity index (χ0v) is 14.4. The van der Waals surface area contributed by atoms with Crippen molar-refractivity contribution in [2.24, 2.45) is 5.92 Å². The normalized spacial score (nSPS) is 18.5. The van der Waals surface area contributed by atoms with Crippen LogP contribution in [0, 0.1) is 5.92 Å². The van der Waals surface area contributed by atoms with Crippen molar-refractivity contribution in [2.75, 3.05) is 20.1 Å².